The van der Waals surface area contributed by atoms with Crippen LogP contribution in [0.2, 0.25) is 0 Å². The standard InChI is InChI=1S/C9H15N5O/c1-10-4-7-2-3-14(6-7)9(15)8-5-11-13-12-8/h5,7,10H,2-4,6H2,1H3,(H,11,12,13). The molecule has 1 atom stereocenters. The zero-order valence-corrected chi connectivity index (χ0v) is 8.73. The van der Waals surface area contributed by atoms with Crippen LogP contribution >= 0.6 is 0 Å². The molecule has 1 unspecified atom stereocenters. The molecule has 0 saturated carbocycles. The average molecular weight is 209 g/mol. The number of hydrogen-bond acceptors (Lipinski definition) is 4. The Bertz CT molecular complexity index is 323. The molecule has 15 heavy (non-hydrogen) atoms. The molecule has 1 aliphatic heterocycles. The van der Waals surface area contributed by atoms with Gasteiger partial charge in [0.15, 0.2) is 5.69 Å². The molecule has 0 bridgehead atoms. The summed E-state index contributed by atoms with van der Waals surface area (Å²) in [5.41, 5.74) is 0.403. The van der Waals surface area contributed by atoms with Gasteiger partial charge in [0.05, 0.1) is 6.20 Å². The van der Waals surface area contributed by atoms with Crippen LogP contribution in [-0.2, 0) is 0 Å². The number of H-pyrrole nitrogens is 1. The Hall–Kier alpha value is -1.43. The maximum atomic E-state index is 11.8. The van der Waals surface area contributed by atoms with E-state index in [-0.39, 0.29) is 5.91 Å². The first-order valence-corrected chi connectivity index (χ1v) is 5.11. The van der Waals surface area contributed by atoms with E-state index in [1.165, 1.54) is 6.20 Å². The Morgan fingerprint density at radius 2 is 2.67 bits per heavy atom. The van der Waals surface area contributed by atoms with Crippen LogP contribution < -0.4 is 5.32 Å². The highest BCUT2D eigenvalue weighted by Gasteiger charge is 2.27. The van der Waals surface area contributed by atoms with E-state index < -0.39 is 0 Å². The first kappa shape index (κ1) is 10.1. The van der Waals surface area contributed by atoms with Gasteiger partial charge in [-0.2, -0.15) is 15.4 Å². The molecule has 1 aromatic heterocycles. The number of carbonyl (C=O) groups is 1. The summed E-state index contributed by atoms with van der Waals surface area (Å²) in [6.07, 6.45) is 2.53. The fourth-order valence-corrected chi connectivity index (χ4v) is 1.94. The molecule has 1 amide bonds. The quantitative estimate of drug-likeness (QED) is 0.703. The normalized spacial score (nSPS) is 20.9. The molecule has 82 valence electrons. The lowest BCUT2D eigenvalue weighted by atomic mass is 10.1. The smallest absolute Gasteiger partial charge is 0.276 e. The summed E-state index contributed by atoms with van der Waals surface area (Å²) in [5, 5.41) is 13.0. The number of nitrogens with one attached hydrogen (secondary N) is 2. The van der Waals surface area contributed by atoms with Crippen LogP contribution in [0.1, 0.15) is 16.9 Å². The zero-order valence-electron chi connectivity index (χ0n) is 8.73. The highest BCUT2D eigenvalue weighted by atomic mass is 16.2. The number of carbonyl (C=O) groups excluding carboxylic acids is 1. The summed E-state index contributed by atoms with van der Waals surface area (Å²) < 4.78 is 0. The van der Waals surface area contributed by atoms with Crippen molar-refractivity contribution in [3.05, 3.63) is 11.9 Å². The lowest BCUT2D eigenvalue weighted by Crippen LogP contribution is -2.30. The first-order valence-electron chi connectivity index (χ1n) is 5.11. The van der Waals surface area contributed by atoms with Crippen LogP contribution in [0.5, 0.6) is 0 Å². The van der Waals surface area contributed by atoms with Crippen LogP contribution in [-0.4, -0.2) is 52.9 Å². The predicted molar refractivity (Wildman–Crippen MR) is 54.3 cm³/mol. The Kier molecular flexibility index (Phi) is 2.96. The van der Waals surface area contributed by atoms with Crippen LogP contribution in [0, 0.1) is 5.92 Å². The van der Waals surface area contributed by atoms with Crippen molar-refractivity contribution in [2.45, 2.75) is 6.42 Å². The fourth-order valence-electron chi connectivity index (χ4n) is 1.94. The second-order valence-corrected chi connectivity index (χ2v) is 3.82. The molecular formula is C9H15N5O. The van der Waals surface area contributed by atoms with Gasteiger partial charge in [-0.25, -0.2) is 0 Å². The third kappa shape index (κ3) is 2.15. The average Bonchev–Trinajstić information content (AvgIpc) is 2.87. The number of amides is 1. The largest absolute Gasteiger partial charge is 0.337 e. The molecule has 1 saturated heterocycles. The van der Waals surface area contributed by atoms with Gasteiger partial charge in [0.25, 0.3) is 5.91 Å². The van der Waals surface area contributed by atoms with Gasteiger partial charge in [-0.3, -0.25) is 4.79 Å². The number of nitrogens with zero attached hydrogens (tertiary/aromatic N) is 3. The van der Waals surface area contributed by atoms with Crippen LogP contribution in [0.15, 0.2) is 6.20 Å². The fraction of sp³-hybridized carbons (Fsp3) is 0.667. The number of aromatic nitrogens is 3. The number of rotatable bonds is 3. The van der Waals surface area contributed by atoms with Crippen molar-refractivity contribution < 1.29 is 4.79 Å². The van der Waals surface area contributed by atoms with Crippen molar-refractivity contribution in [3.8, 4) is 0 Å². The topological polar surface area (TPSA) is 73.9 Å². The summed E-state index contributed by atoms with van der Waals surface area (Å²) in [4.78, 5) is 13.7. The minimum absolute atomic E-state index is 0.0256. The van der Waals surface area contributed by atoms with Crippen molar-refractivity contribution in [1.29, 1.82) is 0 Å². The summed E-state index contributed by atoms with van der Waals surface area (Å²) in [5.74, 6) is 0.535. The van der Waals surface area contributed by atoms with Gasteiger partial charge >= 0.3 is 0 Å². The van der Waals surface area contributed by atoms with Gasteiger partial charge < -0.3 is 10.2 Å². The molecular weight excluding hydrogens is 194 g/mol. The minimum atomic E-state index is -0.0256. The van der Waals surface area contributed by atoms with Crippen molar-refractivity contribution in [3.63, 3.8) is 0 Å². The summed E-state index contributed by atoms with van der Waals surface area (Å²) >= 11 is 0. The van der Waals surface area contributed by atoms with Crippen molar-refractivity contribution in [2.24, 2.45) is 5.92 Å². The van der Waals surface area contributed by atoms with E-state index in [1.54, 1.807) is 0 Å². The molecule has 2 N–H and O–H groups in total. The SMILES string of the molecule is CNCC1CCN(C(=O)c2cn[nH]n2)C1. The van der Waals surface area contributed by atoms with Crippen molar-refractivity contribution in [1.82, 2.24) is 25.6 Å². The molecule has 0 radical (unpaired) electrons. The van der Waals surface area contributed by atoms with E-state index in [2.05, 4.69) is 20.7 Å². The Balaban J connectivity index is 1.93. The second kappa shape index (κ2) is 4.39. The highest BCUT2D eigenvalue weighted by Crippen LogP contribution is 2.16. The third-order valence-electron chi connectivity index (χ3n) is 2.70. The van der Waals surface area contributed by atoms with Gasteiger partial charge in [-0.05, 0) is 25.9 Å². The molecule has 0 aromatic carbocycles. The molecule has 0 aliphatic carbocycles. The van der Waals surface area contributed by atoms with Gasteiger partial charge in [0, 0.05) is 13.1 Å². The Morgan fingerprint density at radius 3 is 3.33 bits per heavy atom. The summed E-state index contributed by atoms with van der Waals surface area (Å²) in [7, 11) is 1.93. The second-order valence-electron chi connectivity index (χ2n) is 3.82. The third-order valence-corrected chi connectivity index (χ3v) is 2.70. The number of likely N-dealkylation sites (tertiary alicyclic amines) is 1. The number of aromatic amines is 1. The van der Waals surface area contributed by atoms with Crippen molar-refractivity contribution >= 4 is 5.91 Å². The van der Waals surface area contributed by atoms with Gasteiger partial charge in [-0.15, -0.1) is 0 Å². The van der Waals surface area contributed by atoms with E-state index >= 15 is 0 Å². The van der Waals surface area contributed by atoms with E-state index in [9.17, 15) is 4.79 Å². The maximum Gasteiger partial charge on any atom is 0.276 e. The van der Waals surface area contributed by atoms with Crippen LogP contribution in [0.4, 0.5) is 0 Å². The maximum absolute atomic E-state index is 11.8. The predicted octanol–water partition coefficient (Wildman–Crippen LogP) is -0.514. The summed E-state index contributed by atoms with van der Waals surface area (Å²) in [6, 6.07) is 0. The van der Waals surface area contributed by atoms with Crippen molar-refractivity contribution in [2.75, 3.05) is 26.7 Å². The molecule has 1 aromatic rings. The minimum Gasteiger partial charge on any atom is -0.337 e. The summed E-state index contributed by atoms with van der Waals surface area (Å²) in [6.45, 7) is 2.59. The van der Waals surface area contributed by atoms with Crippen LogP contribution in [0.25, 0.3) is 0 Å². The molecule has 6 heteroatoms. The van der Waals surface area contributed by atoms with E-state index in [0.717, 1.165) is 26.1 Å². The highest BCUT2D eigenvalue weighted by molar-refractivity contribution is 5.92. The first-order chi connectivity index (χ1) is 7.31. The lowest BCUT2D eigenvalue weighted by molar-refractivity contribution is 0.0781. The zero-order chi connectivity index (χ0) is 10.7. The number of hydrogen-bond donors (Lipinski definition) is 2. The van der Waals surface area contributed by atoms with E-state index in [4.69, 9.17) is 0 Å². The molecule has 0 spiro atoms. The molecule has 1 aliphatic rings. The molecule has 1 fully saturated rings. The van der Waals surface area contributed by atoms with Crippen LogP contribution in [0.3, 0.4) is 0 Å². The molecule has 2 heterocycles. The van der Waals surface area contributed by atoms with Gasteiger partial charge in [0.1, 0.15) is 0 Å². The Labute approximate surface area is 88.0 Å². The van der Waals surface area contributed by atoms with Gasteiger partial charge in [0.2, 0.25) is 0 Å². The lowest BCUT2D eigenvalue weighted by Gasteiger charge is -2.14. The monoisotopic (exact) mass is 209 g/mol. The molecule has 6 nitrogen and oxygen atoms in total. The molecule has 2 rings (SSSR count). The van der Waals surface area contributed by atoms with E-state index in [1.807, 2.05) is 11.9 Å². The van der Waals surface area contributed by atoms with E-state index in [0.29, 0.717) is 11.6 Å². The van der Waals surface area contributed by atoms with Gasteiger partial charge in [-0.1, -0.05) is 0 Å². The Morgan fingerprint density at radius 1 is 1.80 bits per heavy atom.